The lowest BCUT2D eigenvalue weighted by Gasteiger charge is -2.04. The first-order valence-corrected chi connectivity index (χ1v) is 2.30. The number of hydrogen-bond acceptors (Lipinski definition) is 1. The fraction of sp³-hybridized carbons (Fsp3) is 0.200. The lowest BCUT2D eigenvalue weighted by atomic mass is 10.4. The van der Waals surface area contributed by atoms with Crippen molar-refractivity contribution in [1.82, 2.24) is 4.57 Å². The average Bonchev–Trinajstić information content (AvgIpc) is 1.85. The van der Waals surface area contributed by atoms with Crippen LogP contribution in [0.25, 0.3) is 0 Å². The summed E-state index contributed by atoms with van der Waals surface area (Å²) in [6, 6.07) is 2.11. The van der Waals surface area contributed by atoms with Crippen LogP contribution < -0.4 is 5.32 Å². The molecule has 0 saturated heterocycles. The Labute approximate surface area is 41.8 Å². The molecule has 0 radical (unpaired) electrons. The summed E-state index contributed by atoms with van der Waals surface area (Å²) < 4.78 is 2.06. The highest BCUT2D eigenvalue weighted by Crippen LogP contribution is 2.29. The molecule has 0 aliphatic carbocycles. The lowest BCUT2D eigenvalue weighted by Crippen LogP contribution is -1.94. The van der Waals surface area contributed by atoms with Crippen LogP contribution in [-0.2, 0) is 7.05 Å². The van der Waals surface area contributed by atoms with E-state index in [4.69, 9.17) is 0 Å². The Balaban J connectivity index is 2.81. The second kappa shape index (κ2) is 0.689. The first-order chi connectivity index (χ1) is 3.36. The van der Waals surface area contributed by atoms with Crippen LogP contribution in [0.4, 0.5) is 11.5 Å². The maximum Gasteiger partial charge on any atom is 0.112 e. The molecule has 0 saturated carbocycles. The molecule has 0 aromatic carbocycles. The van der Waals surface area contributed by atoms with Crippen molar-refractivity contribution in [2.75, 3.05) is 5.32 Å². The highest BCUT2D eigenvalue weighted by atomic mass is 15.2. The van der Waals surface area contributed by atoms with Gasteiger partial charge in [-0.25, -0.2) is 0 Å². The minimum absolute atomic E-state index is 1.22. The molecule has 2 nitrogen and oxygen atoms in total. The van der Waals surface area contributed by atoms with Crippen LogP contribution in [0, 0.1) is 0 Å². The van der Waals surface area contributed by atoms with Crippen LogP contribution in [0.3, 0.4) is 0 Å². The summed E-state index contributed by atoms with van der Waals surface area (Å²) in [7, 11) is 2.03. The second-order valence-corrected chi connectivity index (χ2v) is 1.85. The predicted octanol–water partition coefficient (Wildman–Crippen LogP) is 1.08. The Hall–Kier alpha value is -0.920. The van der Waals surface area contributed by atoms with Gasteiger partial charge in [0, 0.05) is 19.3 Å². The van der Waals surface area contributed by atoms with Crippen molar-refractivity contribution in [1.29, 1.82) is 0 Å². The number of aryl methyl sites for hydroxylation is 1. The van der Waals surface area contributed by atoms with Gasteiger partial charge in [-0.05, 0) is 0 Å². The third kappa shape index (κ3) is 0.212. The molecule has 36 valence electrons. The number of fused-ring (bicyclic) bond motifs is 1. The van der Waals surface area contributed by atoms with E-state index in [1.807, 2.05) is 7.05 Å². The minimum atomic E-state index is 1.22. The van der Waals surface area contributed by atoms with E-state index < -0.39 is 0 Å². The molecule has 0 atom stereocenters. The summed E-state index contributed by atoms with van der Waals surface area (Å²) in [4.78, 5) is 0. The van der Waals surface area contributed by atoms with Gasteiger partial charge in [-0.1, -0.05) is 0 Å². The number of nitrogens with one attached hydrogen (secondary N) is 1. The normalized spacial score (nSPS) is 12.7. The Kier molecular flexibility index (Phi) is 0.308. The van der Waals surface area contributed by atoms with E-state index in [2.05, 4.69) is 22.1 Å². The van der Waals surface area contributed by atoms with E-state index in [1.165, 1.54) is 11.5 Å². The first-order valence-electron chi connectivity index (χ1n) is 2.30. The molecular weight excluding hydrogens is 88.1 g/mol. The predicted molar refractivity (Wildman–Crippen MR) is 28.7 cm³/mol. The summed E-state index contributed by atoms with van der Waals surface area (Å²) in [5, 5.41) is 3.11. The van der Waals surface area contributed by atoms with Crippen molar-refractivity contribution in [3.63, 3.8) is 0 Å². The van der Waals surface area contributed by atoms with Gasteiger partial charge in [-0.15, -0.1) is 0 Å². The van der Waals surface area contributed by atoms with Gasteiger partial charge in [-0.3, -0.25) is 0 Å². The molecule has 0 unspecified atom stereocenters. The number of hydrogen-bond donors (Lipinski definition) is 1. The molecule has 2 aliphatic heterocycles. The molecular formula is C5H6N2. The molecule has 3 heterocycles. The Morgan fingerprint density at radius 2 is 2.43 bits per heavy atom. The molecule has 7 heavy (non-hydrogen) atoms. The van der Waals surface area contributed by atoms with Crippen LogP contribution in [0.1, 0.15) is 0 Å². The fourth-order valence-corrected chi connectivity index (χ4v) is 0.827. The van der Waals surface area contributed by atoms with E-state index in [0.29, 0.717) is 0 Å². The smallest absolute Gasteiger partial charge is 0.112 e. The average molecular weight is 94.1 g/mol. The fourth-order valence-electron chi connectivity index (χ4n) is 0.827. The first kappa shape index (κ1) is 3.13. The van der Waals surface area contributed by atoms with Crippen molar-refractivity contribution in [3.8, 4) is 0 Å². The number of nitrogens with zero attached hydrogens (tertiary/aromatic N) is 1. The van der Waals surface area contributed by atoms with Crippen LogP contribution in [0.5, 0.6) is 0 Å². The standard InChI is InChI=1S/C5H6N2/c1-7-3-4-2-5(7)6-4/h2-3,6H,1H3. The zero-order valence-corrected chi connectivity index (χ0v) is 4.10. The summed E-state index contributed by atoms with van der Waals surface area (Å²) in [6.07, 6.45) is 2.06. The van der Waals surface area contributed by atoms with Crippen LogP contribution in [0.15, 0.2) is 12.3 Å². The lowest BCUT2D eigenvalue weighted by molar-refractivity contribution is 0.954. The zero-order chi connectivity index (χ0) is 4.85. The molecule has 0 spiro atoms. The van der Waals surface area contributed by atoms with Crippen molar-refractivity contribution in [2.24, 2.45) is 7.05 Å². The number of rotatable bonds is 0. The number of aromatic nitrogens is 1. The molecule has 3 rings (SSSR count). The van der Waals surface area contributed by atoms with Gasteiger partial charge in [0.1, 0.15) is 5.82 Å². The topological polar surface area (TPSA) is 17.0 Å². The molecule has 2 heteroatoms. The summed E-state index contributed by atoms with van der Waals surface area (Å²) >= 11 is 0. The zero-order valence-electron chi connectivity index (χ0n) is 4.10. The Morgan fingerprint density at radius 3 is 2.57 bits per heavy atom. The van der Waals surface area contributed by atoms with Gasteiger partial charge in [-0.2, -0.15) is 0 Å². The molecule has 1 N–H and O–H groups in total. The summed E-state index contributed by atoms with van der Waals surface area (Å²) in [5.41, 5.74) is 1.23. The van der Waals surface area contributed by atoms with Gasteiger partial charge in [0.25, 0.3) is 0 Å². The van der Waals surface area contributed by atoms with Crippen molar-refractivity contribution in [2.45, 2.75) is 0 Å². The third-order valence-corrected chi connectivity index (χ3v) is 1.28. The highest BCUT2D eigenvalue weighted by Gasteiger charge is 2.10. The largest absolute Gasteiger partial charge is 0.340 e. The Morgan fingerprint density at radius 1 is 1.71 bits per heavy atom. The van der Waals surface area contributed by atoms with Gasteiger partial charge >= 0.3 is 0 Å². The molecule has 1 aromatic rings. The molecule has 0 fully saturated rings. The second-order valence-electron chi connectivity index (χ2n) is 1.85. The molecule has 2 bridgehead atoms. The monoisotopic (exact) mass is 94.1 g/mol. The van der Waals surface area contributed by atoms with Gasteiger partial charge in [0.2, 0.25) is 0 Å². The van der Waals surface area contributed by atoms with Crippen molar-refractivity contribution in [3.05, 3.63) is 12.3 Å². The van der Waals surface area contributed by atoms with Gasteiger partial charge in [0.05, 0.1) is 5.69 Å². The SMILES string of the molecule is Cn1cc2cc1N2. The van der Waals surface area contributed by atoms with Crippen molar-refractivity contribution < 1.29 is 0 Å². The molecule has 0 amide bonds. The van der Waals surface area contributed by atoms with E-state index in [0.717, 1.165) is 0 Å². The maximum atomic E-state index is 3.11. The van der Waals surface area contributed by atoms with E-state index in [1.54, 1.807) is 0 Å². The van der Waals surface area contributed by atoms with Gasteiger partial charge < -0.3 is 9.88 Å². The number of anilines is 2. The molecule has 2 aliphatic rings. The minimum Gasteiger partial charge on any atom is -0.340 e. The van der Waals surface area contributed by atoms with Crippen LogP contribution in [-0.4, -0.2) is 4.57 Å². The Bertz CT molecular complexity index is 200. The summed E-state index contributed by atoms with van der Waals surface area (Å²) in [5.74, 6) is 1.22. The van der Waals surface area contributed by atoms with Crippen LogP contribution in [0.2, 0.25) is 0 Å². The maximum absolute atomic E-state index is 3.11. The van der Waals surface area contributed by atoms with Gasteiger partial charge in [0.15, 0.2) is 0 Å². The van der Waals surface area contributed by atoms with E-state index in [9.17, 15) is 0 Å². The quantitative estimate of drug-likeness (QED) is 0.517. The third-order valence-electron chi connectivity index (χ3n) is 1.28. The summed E-state index contributed by atoms with van der Waals surface area (Å²) in [6.45, 7) is 0. The van der Waals surface area contributed by atoms with E-state index >= 15 is 0 Å². The van der Waals surface area contributed by atoms with Crippen LogP contribution >= 0.6 is 0 Å². The van der Waals surface area contributed by atoms with Crippen molar-refractivity contribution >= 4 is 11.5 Å². The highest BCUT2D eigenvalue weighted by molar-refractivity contribution is 5.72. The van der Waals surface area contributed by atoms with E-state index in [-0.39, 0.29) is 0 Å². The molecule has 1 aromatic heterocycles.